The molecule has 2 N–H and O–H groups in total. The van der Waals surface area contributed by atoms with Crippen LogP contribution in [0, 0.1) is 0 Å². The van der Waals surface area contributed by atoms with Crippen molar-refractivity contribution in [3.05, 3.63) is 23.8 Å². The topological polar surface area (TPSA) is 66.4 Å². The summed E-state index contributed by atoms with van der Waals surface area (Å²) >= 11 is 0. The molecule has 0 radical (unpaired) electrons. The molecule has 88 valence electrons. The van der Waals surface area contributed by atoms with Gasteiger partial charge in [-0.15, -0.1) is 0 Å². The number of aromatic hydroxyl groups is 1. The first-order valence-electron chi connectivity index (χ1n) is 5.25. The maximum absolute atomic E-state index is 11.4. The quantitative estimate of drug-likeness (QED) is 0.817. The fourth-order valence-electron chi connectivity index (χ4n) is 1.99. The van der Waals surface area contributed by atoms with E-state index in [9.17, 15) is 13.5 Å². The van der Waals surface area contributed by atoms with Crippen LogP contribution in [-0.2, 0) is 9.84 Å². The fraction of sp³-hybridized carbons (Fsp3) is 0.455. The van der Waals surface area contributed by atoms with Crippen LogP contribution < -0.4 is 5.32 Å². The molecule has 1 aromatic carbocycles. The molecule has 1 saturated heterocycles. The van der Waals surface area contributed by atoms with Crippen molar-refractivity contribution < 1.29 is 13.5 Å². The maximum atomic E-state index is 11.4. The van der Waals surface area contributed by atoms with Gasteiger partial charge in [-0.2, -0.15) is 0 Å². The van der Waals surface area contributed by atoms with Gasteiger partial charge in [0.15, 0.2) is 9.84 Å². The summed E-state index contributed by atoms with van der Waals surface area (Å²) in [5.41, 5.74) is 0.681. The fourth-order valence-corrected chi connectivity index (χ4v) is 2.65. The largest absolute Gasteiger partial charge is 0.508 e. The van der Waals surface area contributed by atoms with Crippen LogP contribution in [0.3, 0.4) is 0 Å². The predicted octanol–water partition coefficient (Wildman–Crippen LogP) is 1.22. The Kier molecular flexibility index (Phi) is 2.90. The van der Waals surface area contributed by atoms with Crippen molar-refractivity contribution in [3.8, 4) is 5.75 Å². The molecule has 5 heteroatoms. The van der Waals surface area contributed by atoms with Gasteiger partial charge in [-0.25, -0.2) is 8.42 Å². The number of phenolic OH excluding ortho intramolecular Hbond substituents is 1. The minimum atomic E-state index is -3.21. The number of sulfone groups is 1. The van der Waals surface area contributed by atoms with Crippen LogP contribution in [0.1, 0.15) is 24.4 Å². The van der Waals surface area contributed by atoms with Gasteiger partial charge in [0.2, 0.25) is 0 Å². The number of phenols is 1. The summed E-state index contributed by atoms with van der Waals surface area (Å²) in [6.07, 6.45) is 3.15. The molecular weight excluding hydrogens is 226 g/mol. The van der Waals surface area contributed by atoms with Gasteiger partial charge < -0.3 is 10.4 Å². The van der Waals surface area contributed by atoms with E-state index in [1.807, 2.05) is 0 Å². The van der Waals surface area contributed by atoms with E-state index in [4.69, 9.17) is 0 Å². The maximum Gasteiger partial charge on any atom is 0.175 e. The van der Waals surface area contributed by atoms with Gasteiger partial charge in [0, 0.05) is 17.9 Å². The number of nitrogens with one attached hydrogen (secondary N) is 1. The van der Waals surface area contributed by atoms with Gasteiger partial charge in [0.1, 0.15) is 5.75 Å². The Balaban J connectivity index is 2.44. The lowest BCUT2D eigenvalue weighted by Gasteiger charge is -2.13. The molecule has 0 saturated carbocycles. The molecule has 1 unspecified atom stereocenters. The molecule has 1 aromatic rings. The van der Waals surface area contributed by atoms with Gasteiger partial charge in [-0.05, 0) is 37.6 Å². The predicted molar refractivity (Wildman–Crippen MR) is 61.2 cm³/mol. The highest BCUT2D eigenvalue weighted by Crippen LogP contribution is 2.31. The Bertz CT molecular complexity index is 490. The monoisotopic (exact) mass is 241 g/mol. The van der Waals surface area contributed by atoms with E-state index in [2.05, 4.69) is 5.32 Å². The van der Waals surface area contributed by atoms with Gasteiger partial charge in [0.05, 0.1) is 4.90 Å². The molecule has 0 amide bonds. The molecule has 1 atom stereocenters. The highest BCUT2D eigenvalue weighted by atomic mass is 32.2. The third-order valence-electron chi connectivity index (χ3n) is 2.86. The lowest BCUT2D eigenvalue weighted by Crippen LogP contribution is -2.13. The molecule has 0 spiro atoms. The molecule has 1 fully saturated rings. The van der Waals surface area contributed by atoms with Crippen molar-refractivity contribution in [1.82, 2.24) is 5.32 Å². The molecule has 1 heterocycles. The van der Waals surface area contributed by atoms with Crippen molar-refractivity contribution in [3.63, 3.8) is 0 Å². The van der Waals surface area contributed by atoms with E-state index in [0.29, 0.717) is 5.56 Å². The summed E-state index contributed by atoms with van der Waals surface area (Å²) in [5.74, 6) is 0.159. The molecule has 0 aromatic heterocycles. The van der Waals surface area contributed by atoms with E-state index in [-0.39, 0.29) is 16.7 Å². The summed E-state index contributed by atoms with van der Waals surface area (Å²) in [7, 11) is -3.21. The van der Waals surface area contributed by atoms with Crippen LogP contribution in [0.2, 0.25) is 0 Å². The molecule has 1 aliphatic rings. The van der Waals surface area contributed by atoms with Crippen LogP contribution in [0.15, 0.2) is 23.1 Å². The number of benzene rings is 1. The van der Waals surface area contributed by atoms with Gasteiger partial charge >= 0.3 is 0 Å². The molecule has 0 bridgehead atoms. The summed E-state index contributed by atoms with van der Waals surface area (Å²) < 4.78 is 22.8. The Morgan fingerprint density at radius 3 is 2.75 bits per heavy atom. The van der Waals surface area contributed by atoms with Crippen molar-refractivity contribution in [1.29, 1.82) is 0 Å². The molecule has 1 aliphatic heterocycles. The molecule has 16 heavy (non-hydrogen) atoms. The summed E-state index contributed by atoms with van der Waals surface area (Å²) in [4.78, 5) is 0.258. The highest BCUT2D eigenvalue weighted by Gasteiger charge is 2.21. The van der Waals surface area contributed by atoms with E-state index in [0.717, 1.165) is 19.4 Å². The number of rotatable bonds is 2. The first-order valence-corrected chi connectivity index (χ1v) is 7.14. The van der Waals surface area contributed by atoms with Gasteiger partial charge in [-0.1, -0.05) is 0 Å². The van der Waals surface area contributed by atoms with Gasteiger partial charge in [-0.3, -0.25) is 0 Å². The van der Waals surface area contributed by atoms with Crippen LogP contribution in [-0.4, -0.2) is 26.3 Å². The zero-order valence-corrected chi connectivity index (χ0v) is 9.92. The number of hydrogen-bond donors (Lipinski definition) is 2. The third-order valence-corrected chi connectivity index (χ3v) is 3.97. The van der Waals surface area contributed by atoms with Crippen LogP contribution in [0.5, 0.6) is 5.75 Å². The van der Waals surface area contributed by atoms with Gasteiger partial charge in [0.25, 0.3) is 0 Å². The first kappa shape index (κ1) is 11.4. The average Bonchev–Trinajstić information content (AvgIpc) is 2.69. The van der Waals surface area contributed by atoms with Crippen molar-refractivity contribution >= 4 is 9.84 Å². The second-order valence-corrected chi connectivity index (χ2v) is 6.16. The molecule has 2 rings (SSSR count). The minimum Gasteiger partial charge on any atom is -0.508 e. The van der Waals surface area contributed by atoms with E-state index in [1.54, 1.807) is 6.07 Å². The minimum absolute atomic E-state index is 0.0710. The normalized spacial score (nSPS) is 21.2. The molecule has 0 aliphatic carbocycles. The Hall–Kier alpha value is -1.07. The van der Waals surface area contributed by atoms with Crippen molar-refractivity contribution in [2.24, 2.45) is 0 Å². The highest BCUT2D eigenvalue weighted by molar-refractivity contribution is 7.90. The van der Waals surface area contributed by atoms with Crippen molar-refractivity contribution in [2.75, 3.05) is 12.8 Å². The zero-order chi connectivity index (χ0) is 11.8. The Morgan fingerprint density at radius 1 is 1.44 bits per heavy atom. The van der Waals surface area contributed by atoms with Crippen molar-refractivity contribution in [2.45, 2.75) is 23.8 Å². The average molecular weight is 241 g/mol. The lowest BCUT2D eigenvalue weighted by molar-refractivity contribution is 0.456. The van der Waals surface area contributed by atoms with Crippen LogP contribution >= 0.6 is 0 Å². The second kappa shape index (κ2) is 4.07. The zero-order valence-electron chi connectivity index (χ0n) is 9.10. The van der Waals surface area contributed by atoms with E-state index in [1.165, 1.54) is 18.4 Å². The lowest BCUT2D eigenvalue weighted by atomic mass is 10.0. The van der Waals surface area contributed by atoms with E-state index >= 15 is 0 Å². The molecular formula is C11H15NO3S. The van der Waals surface area contributed by atoms with Crippen LogP contribution in [0.25, 0.3) is 0 Å². The van der Waals surface area contributed by atoms with E-state index < -0.39 is 9.84 Å². The Morgan fingerprint density at radius 2 is 2.19 bits per heavy atom. The summed E-state index contributed by atoms with van der Waals surface area (Å²) in [6.45, 7) is 0.910. The molecule has 4 nitrogen and oxygen atoms in total. The van der Waals surface area contributed by atoms with Crippen LogP contribution in [0.4, 0.5) is 0 Å². The summed E-state index contributed by atoms with van der Waals surface area (Å²) in [5, 5.41) is 13.0. The number of hydrogen-bond acceptors (Lipinski definition) is 4. The third kappa shape index (κ3) is 2.20. The summed E-state index contributed by atoms with van der Waals surface area (Å²) in [6, 6.07) is 4.52. The standard InChI is InChI=1S/C11H15NO3S/c1-16(14,15)8-4-5-11(13)9(7-8)10-3-2-6-12-10/h4-5,7,10,12-13H,2-3,6H2,1H3. The Labute approximate surface area is 95.2 Å². The SMILES string of the molecule is CS(=O)(=O)c1ccc(O)c(C2CCCN2)c1. The second-order valence-electron chi connectivity index (χ2n) is 4.14. The first-order chi connectivity index (χ1) is 7.48. The smallest absolute Gasteiger partial charge is 0.175 e.